The van der Waals surface area contributed by atoms with Crippen molar-refractivity contribution in [2.24, 2.45) is 0 Å². The van der Waals surface area contributed by atoms with E-state index in [9.17, 15) is 4.79 Å². The molecule has 0 radical (unpaired) electrons. The fraction of sp³-hybridized carbons (Fsp3) is 0.235. The Labute approximate surface area is 133 Å². The molecule has 0 amide bonds. The molecule has 2 aromatic rings. The molecule has 110 valence electrons. The van der Waals surface area contributed by atoms with E-state index in [2.05, 4.69) is 32.8 Å². The van der Waals surface area contributed by atoms with Crippen LogP contribution in [0.15, 0.2) is 54.6 Å². The lowest BCUT2D eigenvalue weighted by Crippen LogP contribution is -2.08. The summed E-state index contributed by atoms with van der Waals surface area (Å²) in [5.41, 5.74) is 1.65. The first kappa shape index (κ1) is 15.6. The summed E-state index contributed by atoms with van der Waals surface area (Å²) in [5.74, 6) is 0.388. The lowest BCUT2D eigenvalue weighted by molar-refractivity contribution is 0.0600. The maximum Gasteiger partial charge on any atom is 0.337 e. The first-order valence-electron chi connectivity index (χ1n) is 6.70. The number of benzene rings is 2. The van der Waals surface area contributed by atoms with Crippen LogP contribution in [0.1, 0.15) is 28.4 Å². The number of ether oxygens (including phenoxy) is 2. The van der Waals surface area contributed by atoms with Crippen molar-refractivity contribution in [2.75, 3.05) is 12.4 Å². The van der Waals surface area contributed by atoms with E-state index < -0.39 is 0 Å². The monoisotopic (exact) mass is 348 g/mol. The molecule has 0 spiro atoms. The number of halogens is 1. The zero-order valence-corrected chi connectivity index (χ0v) is 13.4. The van der Waals surface area contributed by atoms with Crippen LogP contribution in [0.3, 0.4) is 0 Å². The summed E-state index contributed by atoms with van der Waals surface area (Å²) in [7, 11) is 1.37. The molecule has 0 saturated carbocycles. The van der Waals surface area contributed by atoms with Crippen molar-refractivity contribution in [3.05, 3.63) is 65.7 Å². The SMILES string of the molecule is COC(=O)c1ccc(OC(CCBr)c2ccccc2)cc1. The Morgan fingerprint density at radius 1 is 1.10 bits per heavy atom. The number of methoxy groups -OCH3 is 1. The highest BCUT2D eigenvalue weighted by atomic mass is 79.9. The Bertz CT molecular complexity index is 566. The van der Waals surface area contributed by atoms with Gasteiger partial charge in [0.25, 0.3) is 0 Å². The van der Waals surface area contributed by atoms with Gasteiger partial charge in [0, 0.05) is 5.33 Å². The van der Waals surface area contributed by atoms with E-state index in [4.69, 9.17) is 4.74 Å². The van der Waals surface area contributed by atoms with Gasteiger partial charge in [-0.1, -0.05) is 46.3 Å². The van der Waals surface area contributed by atoms with Crippen molar-refractivity contribution in [3.8, 4) is 5.75 Å². The number of hydrogen-bond donors (Lipinski definition) is 0. The van der Waals surface area contributed by atoms with E-state index >= 15 is 0 Å². The van der Waals surface area contributed by atoms with Crippen LogP contribution in [-0.4, -0.2) is 18.4 Å². The second-order valence-electron chi connectivity index (χ2n) is 4.51. The van der Waals surface area contributed by atoms with E-state index in [0.717, 1.165) is 23.1 Å². The Morgan fingerprint density at radius 2 is 1.76 bits per heavy atom. The summed E-state index contributed by atoms with van der Waals surface area (Å²) in [5, 5.41) is 0.854. The molecule has 2 rings (SSSR count). The number of hydrogen-bond acceptors (Lipinski definition) is 3. The van der Waals surface area contributed by atoms with Gasteiger partial charge in [0.2, 0.25) is 0 Å². The molecule has 0 saturated heterocycles. The Hall–Kier alpha value is -1.81. The minimum atomic E-state index is -0.346. The van der Waals surface area contributed by atoms with Gasteiger partial charge in [0.05, 0.1) is 12.7 Å². The Morgan fingerprint density at radius 3 is 2.33 bits per heavy atom. The molecule has 0 bridgehead atoms. The first-order valence-corrected chi connectivity index (χ1v) is 7.82. The standard InChI is InChI=1S/C17H17BrO3/c1-20-17(19)14-7-9-15(10-8-14)21-16(11-12-18)13-5-3-2-4-6-13/h2-10,16H,11-12H2,1H3. The van der Waals surface area contributed by atoms with Gasteiger partial charge in [-0.2, -0.15) is 0 Å². The van der Waals surface area contributed by atoms with Gasteiger partial charge < -0.3 is 9.47 Å². The van der Waals surface area contributed by atoms with Crippen LogP contribution >= 0.6 is 15.9 Å². The van der Waals surface area contributed by atoms with Crippen LogP contribution in [0, 0.1) is 0 Å². The molecule has 21 heavy (non-hydrogen) atoms. The van der Waals surface area contributed by atoms with E-state index in [1.54, 1.807) is 24.3 Å². The number of rotatable bonds is 6. The summed E-state index contributed by atoms with van der Waals surface area (Å²) in [4.78, 5) is 11.4. The summed E-state index contributed by atoms with van der Waals surface area (Å²) in [6.45, 7) is 0. The third-order valence-corrected chi connectivity index (χ3v) is 3.55. The van der Waals surface area contributed by atoms with Crippen molar-refractivity contribution < 1.29 is 14.3 Å². The molecule has 0 N–H and O–H groups in total. The molecule has 0 aliphatic rings. The Kier molecular flexibility index (Phi) is 5.81. The number of carbonyl (C=O) groups is 1. The molecular weight excluding hydrogens is 332 g/mol. The lowest BCUT2D eigenvalue weighted by atomic mass is 10.1. The van der Waals surface area contributed by atoms with E-state index in [1.165, 1.54) is 7.11 Å². The van der Waals surface area contributed by atoms with Crippen molar-refractivity contribution in [1.82, 2.24) is 0 Å². The summed E-state index contributed by atoms with van der Waals surface area (Å²) in [6.07, 6.45) is 0.845. The van der Waals surface area contributed by atoms with E-state index in [-0.39, 0.29) is 12.1 Å². The van der Waals surface area contributed by atoms with Gasteiger partial charge in [0.15, 0.2) is 0 Å². The molecule has 3 nitrogen and oxygen atoms in total. The highest BCUT2D eigenvalue weighted by Gasteiger charge is 2.13. The molecular formula is C17H17BrO3. The fourth-order valence-electron chi connectivity index (χ4n) is 2.01. The zero-order valence-electron chi connectivity index (χ0n) is 11.8. The quantitative estimate of drug-likeness (QED) is 0.574. The van der Waals surface area contributed by atoms with Gasteiger partial charge in [-0.15, -0.1) is 0 Å². The van der Waals surface area contributed by atoms with Gasteiger partial charge >= 0.3 is 5.97 Å². The number of carbonyl (C=O) groups excluding carboxylic acids is 1. The normalized spacial score (nSPS) is 11.7. The van der Waals surface area contributed by atoms with Crippen molar-refractivity contribution >= 4 is 21.9 Å². The highest BCUT2D eigenvalue weighted by Crippen LogP contribution is 2.25. The lowest BCUT2D eigenvalue weighted by Gasteiger charge is -2.19. The molecule has 0 heterocycles. The van der Waals surface area contributed by atoms with Crippen LogP contribution in [0.5, 0.6) is 5.75 Å². The van der Waals surface area contributed by atoms with Gasteiger partial charge in [-0.25, -0.2) is 4.79 Å². The van der Waals surface area contributed by atoms with Crippen molar-refractivity contribution in [1.29, 1.82) is 0 Å². The molecule has 2 aromatic carbocycles. The topological polar surface area (TPSA) is 35.5 Å². The van der Waals surface area contributed by atoms with Gasteiger partial charge in [0.1, 0.15) is 11.9 Å². The van der Waals surface area contributed by atoms with Gasteiger partial charge in [-0.3, -0.25) is 0 Å². The van der Waals surface area contributed by atoms with Crippen LogP contribution in [0.25, 0.3) is 0 Å². The average Bonchev–Trinajstić information content (AvgIpc) is 2.55. The Balaban J connectivity index is 2.12. The van der Waals surface area contributed by atoms with Crippen LogP contribution in [-0.2, 0) is 4.74 Å². The zero-order chi connectivity index (χ0) is 15.1. The van der Waals surface area contributed by atoms with Crippen LogP contribution in [0.2, 0.25) is 0 Å². The third kappa shape index (κ3) is 4.33. The van der Waals surface area contributed by atoms with Gasteiger partial charge in [-0.05, 0) is 36.2 Å². The predicted octanol–water partition coefficient (Wildman–Crippen LogP) is 4.38. The molecule has 0 aliphatic carbocycles. The molecule has 0 fully saturated rings. The number of alkyl halides is 1. The van der Waals surface area contributed by atoms with Crippen molar-refractivity contribution in [3.63, 3.8) is 0 Å². The largest absolute Gasteiger partial charge is 0.486 e. The van der Waals surface area contributed by atoms with E-state index in [1.807, 2.05) is 18.2 Å². The minimum absolute atomic E-state index is 0.0189. The number of esters is 1. The van der Waals surface area contributed by atoms with Crippen molar-refractivity contribution in [2.45, 2.75) is 12.5 Å². The molecule has 1 unspecified atom stereocenters. The molecule has 0 aliphatic heterocycles. The average molecular weight is 349 g/mol. The minimum Gasteiger partial charge on any atom is -0.486 e. The second-order valence-corrected chi connectivity index (χ2v) is 5.30. The fourth-order valence-corrected chi connectivity index (χ4v) is 2.43. The maximum absolute atomic E-state index is 11.4. The summed E-state index contributed by atoms with van der Waals surface area (Å²) < 4.78 is 10.7. The molecule has 1 atom stereocenters. The predicted molar refractivity (Wildman–Crippen MR) is 86.0 cm³/mol. The molecule has 0 aromatic heterocycles. The highest BCUT2D eigenvalue weighted by molar-refractivity contribution is 9.09. The second kappa shape index (κ2) is 7.84. The third-order valence-electron chi connectivity index (χ3n) is 3.10. The van der Waals surface area contributed by atoms with Crippen LogP contribution in [0.4, 0.5) is 0 Å². The molecule has 4 heteroatoms. The van der Waals surface area contributed by atoms with Crippen LogP contribution < -0.4 is 4.74 Å². The smallest absolute Gasteiger partial charge is 0.337 e. The maximum atomic E-state index is 11.4. The van der Waals surface area contributed by atoms with E-state index in [0.29, 0.717) is 5.56 Å². The first-order chi connectivity index (χ1) is 10.2. The summed E-state index contributed by atoms with van der Waals surface area (Å²) >= 11 is 3.46. The summed E-state index contributed by atoms with van der Waals surface area (Å²) in [6, 6.07) is 17.1.